The topological polar surface area (TPSA) is 25.2 Å². The van der Waals surface area contributed by atoms with Gasteiger partial charge in [0.25, 0.3) is 0 Å². The Kier molecular flexibility index (Phi) is 3.43. The number of hydrogen-bond donors (Lipinski definition) is 1. The maximum absolute atomic E-state index is 13.7. The smallest absolute Gasteiger partial charge is 0.169 e. The number of halogens is 3. The van der Waals surface area contributed by atoms with Crippen molar-refractivity contribution in [3.05, 3.63) is 71.2 Å². The number of fused-ring (bicyclic) bond motifs is 1. The van der Waals surface area contributed by atoms with E-state index in [1.807, 2.05) is 0 Å². The molecule has 0 saturated carbocycles. The Labute approximate surface area is 119 Å². The zero-order valence-electron chi connectivity index (χ0n) is 11.2. The highest BCUT2D eigenvalue weighted by Gasteiger charge is 2.19. The van der Waals surface area contributed by atoms with Crippen LogP contribution >= 0.6 is 0 Å². The van der Waals surface area contributed by atoms with Gasteiger partial charge < -0.3 is 9.73 Å². The highest BCUT2D eigenvalue weighted by molar-refractivity contribution is 5.78. The third-order valence-corrected chi connectivity index (χ3v) is 3.37. The molecule has 1 heterocycles. The molecule has 1 N–H and O–H groups in total. The molecule has 3 rings (SSSR count). The molecule has 108 valence electrons. The lowest BCUT2D eigenvalue weighted by molar-refractivity contribution is 0.470. The van der Waals surface area contributed by atoms with E-state index >= 15 is 0 Å². The highest BCUT2D eigenvalue weighted by atomic mass is 19.2. The summed E-state index contributed by atoms with van der Waals surface area (Å²) in [6.45, 7) is 0. The van der Waals surface area contributed by atoms with Crippen molar-refractivity contribution < 1.29 is 17.6 Å². The number of nitrogens with one attached hydrogen (secondary N) is 1. The number of hydrogen-bond acceptors (Lipinski definition) is 2. The molecule has 0 spiro atoms. The molecular formula is C16H12F3NO. The summed E-state index contributed by atoms with van der Waals surface area (Å²) in [6, 6.07) is 9.42. The molecule has 1 aromatic heterocycles. The fraction of sp³-hybridized carbons (Fsp3) is 0.125. The summed E-state index contributed by atoms with van der Waals surface area (Å²) in [5.74, 6) is -1.87. The first kappa shape index (κ1) is 13.7. The lowest BCUT2D eigenvalue weighted by atomic mass is 10.0. The second kappa shape index (κ2) is 5.26. The van der Waals surface area contributed by atoms with E-state index in [4.69, 9.17) is 4.42 Å². The van der Waals surface area contributed by atoms with Crippen molar-refractivity contribution in [3.63, 3.8) is 0 Å². The first-order valence-electron chi connectivity index (χ1n) is 6.40. The second-order valence-electron chi connectivity index (χ2n) is 4.70. The van der Waals surface area contributed by atoms with Crippen molar-refractivity contribution in [2.24, 2.45) is 0 Å². The van der Waals surface area contributed by atoms with E-state index in [0.717, 1.165) is 12.1 Å². The summed E-state index contributed by atoms with van der Waals surface area (Å²) < 4.78 is 45.6. The Balaban J connectivity index is 2.09. The summed E-state index contributed by atoms with van der Waals surface area (Å²) in [7, 11) is 1.66. The predicted molar refractivity (Wildman–Crippen MR) is 73.4 cm³/mol. The van der Waals surface area contributed by atoms with E-state index in [-0.39, 0.29) is 5.58 Å². The van der Waals surface area contributed by atoms with Crippen LogP contribution in [0.4, 0.5) is 13.2 Å². The van der Waals surface area contributed by atoms with Crippen LogP contribution in [0.2, 0.25) is 0 Å². The van der Waals surface area contributed by atoms with Gasteiger partial charge >= 0.3 is 0 Å². The van der Waals surface area contributed by atoms with Crippen LogP contribution in [0.25, 0.3) is 11.0 Å². The molecule has 2 nitrogen and oxygen atoms in total. The molecule has 0 amide bonds. The second-order valence-corrected chi connectivity index (χ2v) is 4.70. The standard InChI is InChI=1S/C16H12F3NO/c1-20-15(9-5-6-11(17)13(19)7-9)14-8-10-3-2-4-12(18)16(10)21-14/h2-8,15,20H,1H3. The van der Waals surface area contributed by atoms with E-state index < -0.39 is 23.5 Å². The van der Waals surface area contributed by atoms with Crippen molar-refractivity contribution in [1.29, 1.82) is 0 Å². The van der Waals surface area contributed by atoms with Crippen LogP contribution in [0, 0.1) is 17.5 Å². The van der Waals surface area contributed by atoms with E-state index in [1.165, 1.54) is 12.1 Å². The molecule has 0 radical (unpaired) electrons. The Morgan fingerprint density at radius 2 is 1.76 bits per heavy atom. The van der Waals surface area contributed by atoms with Gasteiger partial charge in [0.1, 0.15) is 5.76 Å². The Hall–Kier alpha value is -2.27. The third kappa shape index (κ3) is 2.40. The lowest BCUT2D eigenvalue weighted by Crippen LogP contribution is -2.17. The SMILES string of the molecule is CNC(c1ccc(F)c(F)c1)c1cc2cccc(F)c2o1. The maximum Gasteiger partial charge on any atom is 0.169 e. The van der Waals surface area contributed by atoms with Crippen molar-refractivity contribution in [1.82, 2.24) is 5.32 Å². The van der Waals surface area contributed by atoms with Gasteiger partial charge in [0.15, 0.2) is 23.0 Å². The van der Waals surface area contributed by atoms with Crippen molar-refractivity contribution in [2.75, 3.05) is 7.05 Å². The van der Waals surface area contributed by atoms with E-state index in [1.54, 1.807) is 25.2 Å². The first-order valence-corrected chi connectivity index (χ1v) is 6.40. The maximum atomic E-state index is 13.7. The van der Waals surface area contributed by atoms with Crippen LogP contribution < -0.4 is 5.32 Å². The largest absolute Gasteiger partial charge is 0.456 e. The van der Waals surface area contributed by atoms with Crippen LogP contribution in [0.15, 0.2) is 46.9 Å². The van der Waals surface area contributed by atoms with Gasteiger partial charge in [-0.05, 0) is 36.9 Å². The summed E-state index contributed by atoms with van der Waals surface area (Å²) in [6.07, 6.45) is 0. The quantitative estimate of drug-likeness (QED) is 0.784. The molecule has 0 bridgehead atoms. The van der Waals surface area contributed by atoms with Crippen LogP contribution in [-0.4, -0.2) is 7.05 Å². The molecular weight excluding hydrogens is 279 g/mol. The number of para-hydroxylation sites is 1. The minimum absolute atomic E-state index is 0.148. The summed E-state index contributed by atoms with van der Waals surface area (Å²) in [5.41, 5.74) is 0.645. The van der Waals surface area contributed by atoms with Gasteiger partial charge in [-0.2, -0.15) is 0 Å². The van der Waals surface area contributed by atoms with E-state index in [2.05, 4.69) is 5.32 Å². The van der Waals surface area contributed by atoms with Gasteiger partial charge in [-0.1, -0.05) is 18.2 Å². The summed E-state index contributed by atoms with van der Waals surface area (Å²) >= 11 is 0. The fourth-order valence-corrected chi connectivity index (χ4v) is 2.35. The summed E-state index contributed by atoms with van der Waals surface area (Å²) in [4.78, 5) is 0. The molecule has 1 unspecified atom stereocenters. The molecule has 1 atom stereocenters. The van der Waals surface area contributed by atoms with Gasteiger partial charge in [-0.3, -0.25) is 0 Å². The van der Waals surface area contributed by atoms with Crippen molar-refractivity contribution in [2.45, 2.75) is 6.04 Å². The molecule has 5 heteroatoms. The third-order valence-electron chi connectivity index (χ3n) is 3.37. The zero-order valence-corrected chi connectivity index (χ0v) is 11.2. The molecule has 21 heavy (non-hydrogen) atoms. The Morgan fingerprint density at radius 1 is 0.952 bits per heavy atom. The first-order chi connectivity index (χ1) is 10.1. The van der Waals surface area contributed by atoms with Crippen LogP contribution in [0.3, 0.4) is 0 Å². The van der Waals surface area contributed by atoms with Gasteiger partial charge in [0.2, 0.25) is 0 Å². The summed E-state index contributed by atoms with van der Waals surface area (Å²) in [5, 5.41) is 3.57. The Bertz CT molecular complexity index is 797. The van der Waals surface area contributed by atoms with Crippen molar-refractivity contribution >= 4 is 11.0 Å². The number of rotatable bonds is 3. The Morgan fingerprint density at radius 3 is 2.43 bits per heavy atom. The molecule has 3 aromatic rings. The van der Waals surface area contributed by atoms with E-state index in [0.29, 0.717) is 16.7 Å². The predicted octanol–water partition coefficient (Wildman–Crippen LogP) is 4.16. The molecule has 0 saturated heterocycles. The van der Waals surface area contributed by atoms with Crippen LogP contribution in [0.5, 0.6) is 0 Å². The van der Waals surface area contributed by atoms with Crippen molar-refractivity contribution in [3.8, 4) is 0 Å². The van der Waals surface area contributed by atoms with Crippen LogP contribution in [0.1, 0.15) is 17.4 Å². The molecule has 0 aliphatic carbocycles. The van der Waals surface area contributed by atoms with Gasteiger partial charge in [-0.15, -0.1) is 0 Å². The molecule has 0 aliphatic rings. The minimum Gasteiger partial charge on any atom is -0.456 e. The normalized spacial score (nSPS) is 12.8. The van der Waals surface area contributed by atoms with Crippen LogP contribution in [-0.2, 0) is 0 Å². The van der Waals surface area contributed by atoms with E-state index in [9.17, 15) is 13.2 Å². The fourth-order valence-electron chi connectivity index (χ4n) is 2.35. The zero-order chi connectivity index (χ0) is 15.0. The monoisotopic (exact) mass is 291 g/mol. The highest BCUT2D eigenvalue weighted by Crippen LogP contribution is 2.30. The average molecular weight is 291 g/mol. The number of benzene rings is 2. The molecule has 0 fully saturated rings. The number of furan rings is 1. The lowest BCUT2D eigenvalue weighted by Gasteiger charge is -2.14. The van der Waals surface area contributed by atoms with Gasteiger partial charge in [0, 0.05) is 5.39 Å². The molecule has 0 aliphatic heterocycles. The minimum atomic E-state index is -0.935. The van der Waals surface area contributed by atoms with Gasteiger partial charge in [0.05, 0.1) is 6.04 Å². The average Bonchev–Trinajstić information content (AvgIpc) is 2.89. The molecule has 2 aromatic carbocycles. The van der Waals surface area contributed by atoms with Gasteiger partial charge in [-0.25, -0.2) is 13.2 Å².